The fraction of sp³-hybridized carbons (Fsp3) is 0.455. The van der Waals surface area contributed by atoms with Crippen LogP contribution in [-0.4, -0.2) is 37.7 Å². The SMILES string of the molecule is CCOc1ccc(C(N)=O)cc1CNCCn1cnc2c1c(=O)n(C)c(=O)n2CC(C)C. The van der Waals surface area contributed by atoms with Gasteiger partial charge in [-0.15, -0.1) is 0 Å². The second-order valence-corrected chi connectivity index (χ2v) is 8.06. The summed E-state index contributed by atoms with van der Waals surface area (Å²) in [5.41, 5.74) is 6.70. The van der Waals surface area contributed by atoms with E-state index in [0.717, 1.165) is 10.1 Å². The average Bonchev–Trinajstić information content (AvgIpc) is 3.17. The number of carbonyl (C=O) groups is 1. The highest BCUT2D eigenvalue weighted by molar-refractivity contribution is 5.93. The van der Waals surface area contributed by atoms with Crippen molar-refractivity contribution in [2.75, 3.05) is 13.2 Å². The maximum absolute atomic E-state index is 12.7. The van der Waals surface area contributed by atoms with E-state index in [4.69, 9.17) is 10.5 Å². The Morgan fingerprint density at radius 1 is 1.28 bits per heavy atom. The second-order valence-electron chi connectivity index (χ2n) is 8.06. The smallest absolute Gasteiger partial charge is 0.332 e. The Kier molecular flexibility index (Phi) is 7.14. The second kappa shape index (κ2) is 9.82. The number of benzene rings is 1. The van der Waals surface area contributed by atoms with Crippen molar-refractivity contribution in [3.8, 4) is 5.75 Å². The van der Waals surface area contributed by atoms with E-state index in [-0.39, 0.29) is 17.2 Å². The number of hydrogen-bond donors (Lipinski definition) is 2. The van der Waals surface area contributed by atoms with Crippen molar-refractivity contribution in [1.29, 1.82) is 0 Å². The molecule has 3 aromatic rings. The predicted molar refractivity (Wildman–Crippen MR) is 122 cm³/mol. The van der Waals surface area contributed by atoms with Crippen molar-refractivity contribution in [1.82, 2.24) is 24.0 Å². The Morgan fingerprint density at radius 2 is 2.03 bits per heavy atom. The van der Waals surface area contributed by atoms with E-state index >= 15 is 0 Å². The number of aromatic nitrogens is 4. The molecule has 0 bridgehead atoms. The van der Waals surface area contributed by atoms with Gasteiger partial charge in [0.1, 0.15) is 5.75 Å². The van der Waals surface area contributed by atoms with Gasteiger partial charge in [0.2, 0.25) is 5.91 Å². The molecule has 3 N–H and O–H groups in total. The fourth-order valence-corrected chi connectivity index (χ4v) is 3.59. The molecule has 0 saturated heterocycles. The van der Waals surface area contributed by atoms with Gasteiger partial charge in [0.05, 0.1) is 12.9 Å². The first kappa shape index (κ1) is 23.3. The lowest BCUT2D eigenvalue weighted by Gasteiger charge is -2.13. The zero-order valence-corrected chi connectivity index (χ0v) is 18.9. The molecule has 0 saturated carbocycles. The van der Waals surface area contributed by atoms with Crippen LogP contribution in [0.15, 0.2) is 34.1 Å². The molecular weight excluding hydrogens is 412 g/mol. The van der Waals surface area contributed by atoms with E-state index in [9.17, 15) is 14.4 Å². The van der Waals surface area contributed by atoms with E-state index in [1.807, 2.05) is 20.8 Å². The maximum Gasteiger partial charge on any atom is 0.332 e. The molecular formula is C22H30N6O4. The number of rotatable bonds is 10. The van der Waals surface area contributed by atoms with E-state index in [1.54, 1.807) is 33.7 Å². The highest BCUT2D eigenvalue weighted by Crippen LogP contribution is 2.20. The zero-order chi connectivity index (χ0) is 23.4. The van der Waals surface area contributed by atoms with Gasteiger partial charge in [-0.2, -0.15) is 0 Å². The molecule has 0 atom stereocenters. The first-order valence-electron chi connectivity index (χ1n) is 10.7. The lowest BCUT2D eigenvalue weighted by atomic mass is 10.1. The quantitative estimate of drug-likeness (QED) is 0.448. The minimum atomic E-state index is -0.498. The maximum atomic E-state index is 12.7. The molecule has 0 aliphatic rings. The molecule has 0 radical (unpaired) electrons. The zero-order valence-electron chi connectivity index (χ0n) is 18.9. The van der Waals surface area contributed by atoms with E-state index in [0.29, 0.717) is 55.3 Å². The summed E-state index contributed by atoms with van der Waals surface area (Å²) in [6.45, 7) is 8.36. The van der Waals surface area contributed by atoms with Crippen molar-refractivity contribution in [2.45, 2.75) is 40.4 Å². The van der Waals surface area contributed by atoms with Crippen LogP contribution in [0.4, 0.5) is 0 Å². The van der Waals surface area contributed by atoms with Crippen molar-refractivity contribution in [3.05, 3.63) is 56.5 Å². The van der Waals surface area contributed by atoms with Crippen molar-refractivity contribution in [2.24, 2.45) is 18.7 Å². The molecule has 2 aromatic heterocycles. The summed E-state index contributed by atoms with van der Waals surface area (Å²) in [5, 5.41) is 3.30. The van der Waals surface area contributed by atoms with E-state index < -0.39 is 5.91 Å². The van der Waals surface area contributed by atoms with Gasteiger partial charge in [0.15, 0.2) is 11.2 Å². The average molecular weight is 443 g/mol. The summed E-state index contributed by atoms with van der Waals surface area (Å²) in [7, 11) is 1.48. The van der Waals surface area contributed by atoms with Gasteiger partial charge in [0.25, 0.3) is 5.56 Å². The van der Waals surface area contributed by atoms with Crippen LogP contribution in [0.25, 0.3) is 11.2 Å². The van der Waals surface area contributed by atoms with Gasteiger partial charge in [-0.05, 0) is 31.0 Å². The minimum absolute atomic E-state index is 0.232. The third-order valence-corrected chi connectivity index (χ3v) is 5.14. The summed E-state index contributed by atoms with van der Waals surface area (Å²) >= 11 is 0. The molecule has 10 heteroatoms. The molecule has 10 nitrogen and oxygen atoms in total. The molecule has 0 fully saturated rings. The number of carbonyl (C=O) groups excluding carboxylic acids is 1. The van der Waals surface area contributed by atoms with Gasteiger partial charge < -0.3 is 20.4 Å². The third-order valence-electron chi connectivity index (χ3n) is 5.14. The number of fused-ring (bicyclic) bond motifs is 1. The van der Waals surface area contributed by atoms with Crippen molar-refractivity contribution in [3.63, 3.8) is 0 Å². The Bertz CT molecular complexity index is 1240. The number of ether oxygens (including phenoxy) is 1. The van der Waals surface area contributed by atoms with Crippen LogP contribution in [0.5, 0.6) is 5.75 Å². The summed E-state index contributed by atoms with van der Waals surface area (Å²) in [5.74, 6) is 0.419. The molecule has 1 aromatic carbocycles. The monoisotopic (exact) mass is 442 g/mol. The standard InChI is InChI=1S/C22H30N6O4/c1-5-32-17-7-6-15(19(23)29)10-16(17)11-24-8-9-27-13-25-20-18(27)21(30)26(4)22(31)28(20)12-14(2)3/h6-7,10,13-14,24H,5,8-9,11-12H2,1-4H3,(H2,23,29). The lowest BCUT2D eigenvalue weighted by Crippen LogP contribution is -2.39. The normalized spacial score (nSPS) is 11.4. The first-order chi connectivity index (χ1) is 15.2. The summed E-state index contributed by atoms with van der Waals surface area (Å²) in [6, 6.07) is 5.09. The number of imidazole rings is 1. The number of nitrogens with two attached hydrogens (primary N) is 1. The molecule has 0 aliphatic carbocycles. The van der Waals surface area contributed by atoms with Crippen molar-refractivity contribution < 1.29 is 9.53 Å². The van der Waals surface area contributed by atoms with Crippen molar-refractivity contribution >= 4 is 17.1 Å². The first-order valence-corrected chi connectivity index (χ1v) is 10.7. The van der Waals surface area contributed by atoms with Crippen LogP contribution in [0.3, 0.4) is 0 Å². The Hall–Kier alpha value is -3.40. The minimum Gasteiger partial charge on any atom is -0.494 e. The summed E-state index contributed by atoms with van der Waals surface area (Å²) in [4.78, 5) is 41.2. The van der Waals surface area contributed by atoms with Crippen LogP contribution in [-0.2, 0) is 26.7 Å². The van der Waals surface area contributed by atoms with E-state index in [1.165, 1.54) is 7.05 Å². The summed E-state index contributed by atoms with van der Waals surface area (Å²) < 4.78 is 10.1. The molecule has 0 aliphatic heterocycles. The molecule has 32 heavy (non-hydrogen) atoms. The third kappa shape index (κ3) is 4.75. The number of nitrogens with zero attached hydrogens (tertiary/aromatic N) is 4. The Labute approximate surface area is 185 Å². The van der Waals surface area contributed by atoms with Gasteiger partial charge in [-0.25, -0.2) is 9.78 Å². The number of hydrogen-bond acceptors (Lipinski definition) is 6. The van der Waals surface area contributed by atoms with Crippen LogP contribution in [0.1, 0.15) is 36.7 Å². The van der Waals surface area contributed by atoms with Crippen LogP contribution < -0.4 is 27.0 Å². The van der Waals surface area contributed by atoms with Gasteiger partial charge in [-0.1, -0.05) is 13.8 Å². The largest absolute Gasteiger partial charge is 0.494 e. The molecule has 0 unspecified atom stereocenters. The highest BCUT2D eigenvalue weighted by atomic mass is 16.5. The molecule has 172 valence electrons. The van der Waals surface area contributed by atoms with E-state index in [2.05, 4.69) is 10.3 Å². The highest BCUT2D eigenvalue weighted by Gasteiger charge is 2.17. The molecule has 1 amide bonds. The summed E-state index contributed by atoms with van der Waals surface area (Å²) in [6.07, 6.45) is 1.59. The van der Waals surface area contributed by atoms with Gasteiger partial charge >= 0.3 is 5.69 Å². The van der Waals surface area contributed by atoms with Crippen LogP contribution in [0, 0.1) is 5.92 Å². The van der Waals surface area contributed by atoms with Gasteiger partial charge in [-0.3, -0.25) is 18.7 Å². The number of primary amides is 1. The lowest BCUT2D eigenvalue weighted by molar-refractivity contribution is 0.1000. The number of amides is 1. The molecule has 2 heterocycles. The topological polar surface area (TPSA) is 126 Å². The Morgan fingerprint density at radius 3 is 2.69 bits per heavy atom. The fourth-order valence-electron chi connectivity index (χ4n) is 3.59. The predicted octanol–water partition coefficient (Wildman–Crippen LogP) is 0.840. The van der Waals surface area contributed by atoms with Gasteiger partial charge in [0, 0.05) is 44.4 Å². The Balaban J connectivity index is 1.79. The molecule has 3 rings (SSSR count). The van der Waals surface area contributed by atoms with Crippen LogP contribution >= 0.6 is 0 Å². The molecule has 0 spiro atoms. The van der Waals surface area contributed by atoms with Crippen LogP contribution in [0.2, 0.25) is 0 Å². The number of nitrogens with one attached hydrogen (secondary N) is 1.